The largest absolute Gasteiger partial charge is 0.440 e. The minimum atomic E-state index is -2.09. The number of amides is 3. The molecule has 3 N–H and O–H groups in total. The highest BCUT2D eigenvalue weighted by molar-refractivity contribution is 6.11. The number of nitrogens with one attached hydrogen (secondary N) is 2. The molecule has 2 heterocycles. The van der Waals surface area contributed by atoms with Crippen LogP contribution in [-0.2, 0) is 4.79 Å². The van der Waals surface area contributed by atoms with E-state index in [-0.39, 0.29) is 5.57 Å². The van der Waals surface area contributed by atoms with Crippen molar-refractivity contribution in [3.05, 3.63) is 35.4 Å². The molecule has 17 heavy (non-hydrogen) atoms. The van der Waals surface area contributed by atoms with Gasteiger partial charge in [0, 0.05) is 5.56 Å². The molecule has 1 aromatic rings. The molecule has 1 saturated heterocycles. The van der Waals surface area contributed by atoms with E-state index in [9.17, 15) is 14.7 Å². The first-order valence-electron chi connectivity index (χ1n) is 4.94. The Morgan fingerprint density at radius 2 is 2.00 bits per heavy atom. The Hall–Kier alpha value is -2.34. The quantitative estimate of drug-likeness (QED) is 0.585. The van der Waals surface area contributed by atoms with E-state index in [4.69, 9.17) is 4.74 Å². The van der Waals surface area contributed by atoms with Gasteiger partial charge in [-0.05, 0) is 12.1 Å². The zero-order valence-electron chi connectivity index (χ0n) is 8.56. The van der Waals surface area contributed by atoms with E-state index in [0.29, 0.717) is 11.3 Å². The lowest BCUT2D eigenvalue weighted by molar-refractivity contribution is -0.145. The molecule has 6 heteroatoms. The van der Waals surface area contributed by atoms with Crippen LogP contribution in [0, 0.1) is 0 Å². The van der Waals surface area contributed by atoms with Gasteiger partial charge in [0.25, 0.3) is 5.91 Å². The number of urea groups is 1. The topological polar surface area (TPSA) is 87.7 Å². The molecule has 0 aliphatic carbocycles. The number of carbonyl (C=O) groups excluding carboxylic acids is 2. The molecule has 0 spiro atoms. The third-order valence-electron chi connectivity index (χ3n) is 2.60. The maximum atomic E-state index is 11.6. The standard InChI is InChI=1S/C11H8N2O4/c14-9-7-5-6-3-1-2-4-8(6)17-11(7,16)13-10(15)12-9/h1-5,16H,(H2,12,13,14,15)/t11-/m1/s1. The number of fused-ring (bicyclic) bond motifs is 2. The van der Waals surface area contributed by atoms with Crippen LogP contribution in [0.1, 0.15) is 5.56 Å². The number of imide groups is 1. The summed E-state index contributed by atoms with van der Waals surface area (Å²) in [6.07, 6.45) is 1.48. The van der Waals surface area contributed by atoms with Gasteiger partial charge in [0.15, 0.2) is 0 Å². The predicted octanol–water partition coefficient (Wildman–Crippen LogP) is -0.0521. The van der Waals surface area contributed by atoms with Crippen LogP contribution < -0.4 is 15.4 Å². The monoisotopic (exact) mass is 232 g/mol. The molecule has 2 aliphatic rings. The summed E-state index contributed by atoms with van der Waals surface area (Å²) in [6.45, 7) is 0. The van der Waals surface area contributed by atoms with E-state index in [1.54, 1.807) is 24.3 Å². The van der Waals surface area contributed by atoms with Gasteiger partial charge < -0.3 is 9.84 Å². The normalized spacial score (nSPS) is 25.8. The van der Waals surface area contributed by atoms with Crippen LogP contribution in [-0.4, -0.2) is 23.0 Å². The third kappa shape index (κ3) is 1.38. The molecule has 86 valence electrons. The molecule has 3 rings (SSSR count). The number of rotatable bonds is 0. The number of hydrogen-bond donors (Lipinski definition) is 3. The smallest absolute Gasteiger partial charge is 0.327 e. The van der Waals surface area contributed by atoms with Gasteiger partial charge in [0.05, 0.1) is 0 Å². The van der Waals surface area contributed by atoms with Crippen LogP contribution in [0.15, 0.2) is 29.8 Å². The van der Waals surface area contributed by atoms with Crippen LogP contribution in [0.4, 0.5) is 4.79 Å². The van der Waals surface area contributed by atoms with Crippen LogP contribution in [0.2, 0.25) is 0 Å². The number of carbonyl (C=O) groups is 2. The van der Waals surface area contributed by atoms with Crippen molar-refractivity contribution in [2.24, 2.45) is 0 Å². The lowest BCUT2D eigenvalue weighted by atomic mass is 10.0. The SMILES string of the molecule is O=C1NC(=O)C2=Cc3ccccc3O[C@@]2(O)N1. The van der Waals surface area contributed by atoms with Crippen LogP contribution in [0.3, 0.4) is 0 Å². The minimum absolute atomic E-state index is 0.0456. The van der Waals surface area contributed by atoms with Crippen molar-refractivity contribution in [3.63, 3.8) is 0 Å². The number of benzene rings is 1. The first kappa shape index (κ1) is 9.86. The molecule has 0 bridgehead atoms. The molecule has 0 unspecified atom stereocenters. The summed E-state index contributed by atoms with van der Waals surface area (Å²) in [5.74, 6) is -2.37. The first-order valence-corrected chi connectivity index (χ1v) is 4.94. The highest BCUT2D eigenvalue weighted by atomic mass is 16.6. The van der Waals surface area contributed by atoms with Gasteiger partial charge in [0.2, 0.25) is 0 Å². The number of hydrogen-bond acceptors (Lipinski definition) is 4. The van der Waals surface area contributed by atoms with Crippen molar-refractivity contribution in [2.75, 3.05) is 0 Å². The average Bonchev–Trinajstić information content (AvgIpc) is 2.25. The number of aliphatic hydroxyl groups is 1. The Balaban J connectivity index is 2.15. The van der Waals surface area contributed by atoms with Gasteiger partial charge in [0.1, 0.15) is 11.3 Å². The van der Waals surface area contributed by atoms with Crippen LogP contribution in [0.25, 0.3) is 6.08 Å². The molecular weight excluding hydrogens is 224 g/mol. The fourth-order valence-corrected chi connectivity index (χ4v) is 1.83. The van der Waals surface area contributed by atoms with Crippen molar-refractivity contribution in [3.8, 4) is 5.75 Å². The second kappa shape index (κ2) is 3.08. The molecule has 1 aromatic carbocycles. The highest BCUT2D eigenvalue weighted by Crippen LogP contribution is 2.33. The van der Waals surface area contributed by atoms with Gasteiger partial charge >= 0.3 is 11.9 Å². The lowest BCUT2D eigenvalue weighted by Gasteiger charge is -2.37. The zero-order valence-corrected chi connectivity index (χ0v) is 8.56. The van der Waals surface area contributed by atoms with Gasteiger partial charge in [-0.25, -0.2) is 4.79 Å². The third-order valence-corrected chi connectivity index (χ3v) is 2.60. The molecule has 1 fully saturated rings. The second-order valence-corrected chi connectivity index (χ2v) is 3.75. The van der Waals surface area contributed by atoms with Crippen molar-refractivity contribution in [1.29, 1.82) is 0 Å². The van der Waals surface area contributed by atoms with Gasteiger partial charge in [-0.1, -0.05) is 18.2 Å². The fourth-order valence-electron chi connectivity index (χ4n) is 1.83. The summed E-state index contributed by atoms with van der Waals surface area (Å²) in [5, 5.41) is 14.3. The molecular formula is C11H8N2O4. The molecule has 0 aromatic heterocycles. The average molecular weight is 232 g/mol. The molecule has 0 radical (unpaired) electrons. The fraction of sp³-hybridized carbons (Fsp3) is 0.0909. The Morgan fingerprint density at radius 1 is 1.24 bits per heavy atom. The first-order chi connectivity index (χ1) is 8.08. The van der Waals surface area contributed by atoms with Crippen molar-refractivity contribution in [2.45, 2.75) is 5.91 Å². The van der Waals surface area contributed by atoms with Gasteiger partial charge in [-0.15, -0.1) is 0 Å². The maximum absolute atomic E-state index is 11.6. The van der Waals surface area contributed by atoms with Crippen molar-refractivity contribution in [1.82, 2.24) is 10.6 Å². The molecule has 3 amide bonds. The molecule has 6 nitrogen and oxygen atoms in total. The maximum Gasteiger partial charge on any atom is 0.327 e. The highest BCUT2D eigenvalue weighted by Gasteiger charge is 2.47. The summed E-state index contributed by atoms with van der Waals surface area (Å²) in [5.41, 5.74) is 0.620. The Kier molecular flexibility index (Phi) is 1.79. The van der Waals surface area contributed by atoms with Crippen LogP contribution >= 0.6 is 0 Å². The van der Waals surface area contributed by atoms with E-state index in [2.05, 4.69) is 5.32 Å². The Labute approximate surface area is 95.9 Å². The van der Waals surface area contributed by atoms with E-state index in [0.717, 1.165) is 0 Å². The Morgan fingerprint density at radius 3 is 2.82 bits per heavy atom. The van der Waals surface area contributed by atoms with E-state index in [1.807, 2.05) is 5.32 Å². The molecule has 2 aliphatic heterocycles. The summed E-state index contributed by atoms with van der Waals surface area (Å²) < 4.78 is 5.26. The Bertz CT molecular complexity index is 566. The predicted molar refractivity (Wildman–Crippen MR) is 56.7 cm³/mol. The van der Waals surface area contributed by atoms with Gasteiger partial charge in [-0.3, -0.25) is 15.4 Å². The lowest BCUT2D eigenvalue weighted by Crippen LogP contribution is -2.65. The summed E-state index contributed by atoms with van der Waals surface area (Å²) in [6, 6.07) is 6.09. The van der Waals surface area contributed by atoms with Crippen LogP contribution in [0.5, 0.6) is 5.75 Å². The van der Waals surface area contributed by atoms with Crippen molar-refractivity contribution >= 4 is 18.0 Å². The molecule has 0 saturated carbocycles. The second-order valence-electron chi connectivity index (χ2n) is 3.75. The summed E-state index contributed by atoms with van der Waals surface area (Å²) in [7, 11) is 0. The minimum Gasteiger partial charge on any atom is -0.440 e. The summed E-state index contributed by atoms with van der Waals surface area (Å²) in [4.78, 5) is 22.7. The van der Waals surface area contributed by atoms with Gasteiger partial charge in [-0.2, -0.15) is 0 Å². The van der Waals surface area contributed by atoms with E-state index >= 15 is 0 Å². The van der Waals surface area contributed by atoms with Crippen molar-refractivity contribution < 1.29 is 19.4 Å². The zero-order chi connectivity index (χ0) is 12.0. The molecule has 1 atom stereocenters. The number of para-hydroxylation sites is 1. The number of ether oxygens (including phenoxy) is 1. The van der Waals surface area contributed by atoms with E-state index < -0.39 is 17.8 Å². The summed E-state index contributed by atoms with van der Waals surface area (Å²) >= 11 is 0. The van der Waals surface area contributed by atoms with E-state index in [1.165, 1.54) is 6.08 Å².